The van der Waals surface area contributed by atoms with Gasteiger partial charge in [0, 0.05) is 0 Å². The van der Waals surface area contributed by atoms with Crippen LogP contribution in [0.1, 0.15) is 68.7 Å². The highest BCUT2D eigenvalue weighted by atomic mass is 16.3. The fourth-order valence-electron chi connectivity index (χ4n) is 6.89. The van der Waals surface area contributed by atoms with Crippen molar-refractivity contribution in [1.82, 2.24) is 10.0 Å². The van der Waals surface area contributed by atoms with Gasteiger partial charge in [0.05, 0.1) is 46.6 Å². The highest BCUT2D eigenvalue weighted by Crippen LogP contribution is 2.60. The first-order chi connectivity index (χ1) is 20.3. The lowest BCUT2D eigenvalue weighted by Gasteiger charge is -2.57. The molecule has 2 aliphatic rings. The van der Waals surface area contributed by atoms with Gasteiger partial charge in [-0.25, -0.2) is 10.0 Å². The van der Waals surface area contributed by atoms with Crippen molar-refractivity contribution in [3.63, 3.8) is 0 Å². The van der Waals surface area contributed by atoms with E-state index in [1.165, 1.54) is 0 Å². The van der Waals surface area contributed by atoms with Gasteiger partial charge in [-0.2, -0.15) is 0 Å². The van der Waals surface area contributed by atoms with Crippen molar-refractivity contribution >= 4 is 5.78 Å². The summed E-state index contributed by atoms with van der Waals surface area (Å²) in [6.45, 7) is 7.99. The lowest BCUT2D eigenvalue weighted by atomic mass is 9.63. The molecule has 7 nitrogen and oxygen atoms in total. The summed E-state index contributed by atoms with van der Waals surface area (Å²) in [6, 6.07) is 28.6. The lowest BCUT2D eigenvalue weighted by Crippen LogP contribution is -2.60. The Morgan fingerprint density at radius 1 is 0.429 bits per heavy atom. The van der Waals surface area contributed by atoms with E-state index >= 15 is 0 Å². The number of carbonyl (C=O) groups is 1. The molecule has 42 heavy (non-hydrogen) atoms. The molecule has 4 aromatic carbocycles. The van der Waals surface area contributed by atoms with Crippen LogP contribution < -0.4 is 0 Å². The topological polar surface area (TPSA) is 82.4 Å². The number of carbonyl (C=O) groups excluding carboxylic acids is 1. The van der Waals surface area contributed by atoms with Crippen molar-refractivity contribution < 1.29 is 4.79 Å². The zero-order valence-corrected chi connectivity index (χ0v) is 24.2. The summed E-state index contributed by atoms with van der Waals surface area (Å²) in [5, 5.41) is 10.5. The van der Waals surface area contributed by atoms with Crippen LogP contribution in [0, 0.1) is 49.3 Å². The molecule has 0 saturated carbocycles. The molecule has 0 aromatic heterocycles. The Bertz CT molecular complexity index is 1370. The predicted molar refractivity (Wildman–Crippen MR) is 163 cm³/mol. The van der Waals surface area contributed by atoms with Crippen LogP contribution in [-0.4, -0.2) is 15.8 Å². The third-order valence-electron chi connectivity index (χ3n) is 9.02. The second kappa shape index (κ2) is 11.0. The van der Waals surface area contributed by atoms with Gasteiger partial charge in [-0.15, -0.1) is 9.81 Å². The van der Waals surface area contributed by atoms with Gasteiger partial charge in [0.2, 0.25) is 0 Å². The van der Waals surface area contributed by atoms with E-state index in [1.54, 1.807) is 10.0 Å². The average Bonchev–Trinajstić information content (AvgIpc) is 2.99. The number of ketones is 1. The molecule has 0 aliphatic carbocycles. The number of rotatable bonds is 6. The SMILES string of the molecule is Cc1ccc(C2C3C(=O)C(C(c4ccc(C)cc4)N2N=O)C(c2ccc(C)cc2)N(N=O)C3c2ccc(C)cc2)cc1. The van der Waals surface area contributed by atoms with Crippen LogP contribution in [0.3, 0.4) is 0 Å². The number of benzene rings is 4. The smallest absolute Gasteiger partial charge is 0.148 e. The van der Waals surface area contributed by atoms with Crippen LogP contribution >= 0.6 is 0 Å². The Balaban J connectivity index is 1.64. The Morgan fingerprint density at radius 3 is 0.833 bits per heavy atom. The van der Waals surface area contributed by atoms with Crippen molar-refractivity contribution in [2.45, 2.75) is 51.9 Å². The van der Waals surface area contributed by atoms with Gasteiger partial charge in [-0.05, 0) is 49.9 Å². The van der Waals surface area contributed by atoms with E-state index in [-0.39, 0.29) is 5.78 Å². The molecule has 4 unspecified atom stereocenters. The third kappa shape index (κ3) is 4.59. The summed E-state index contributed by atoms with van der Waals surface area (Å²) in [7, 11) is 0. The van der Waals surface area contributed by atoms with E-state index < -0.39 is 36.0 Å². The Labute approximate surface area is 246 Å². The number of nitroso groups, excluding NO2 is 2. The van der Waals surface area contributed by atoms with Gasteiger partial charge in [0.25, 0.3) is 0 Å². The van der Waals surface area contributed by atoms with E-state index in [9.17, 15) is 14.6 Å². The Hall–Kier alpha value is -4.65. The molecule has 212 valence electrons. The number of fused-ring (bicyclic) bond motifs is 2. The Kier molecular flexibility index (Phi) is 7.19. The highest BCUT2D eigenvalue weighted by Gasteiger charge is 2.62. The fraction of sp³-hybridized carbons (Fsp3) is 0.286. The van der Waals surface area contributed by atoms with Gasteiger partial charge in [-0.1, -0.05) is 119 Å². The van der Waals surface area contributed by atoms with E-state index in [2.05, 4.69) is 10.6 Å². The van der Waals surface area contributed by atoms with Crippen molar-refractivity contribution in [3.05, 3.63) is 151 Å². The molecule has 4 aromatic rings. The minimum atomic E-state index is -0.765. The molecule has 2 heterocycles. The molecule has 2 bridgehead atoms. The van der Waals surface area contributed by atoms with Crippen molar-refractivity contribution in [1.29, 1.82) is 0 Å². The number of piperidine rings is 2. The van der Waals surface area contributed by atoms with Crippen LogP contribution in [0.15, 0.2) is 108 Å². The lowest BCUT2D eigenvalue weighted by molar-refractivity contribution is -0.166. The van der Waals surface area contributed by atoms with Crippen LogP contribution in [-0.2, 0) is 4.79 Å². The number of hydrogen-bond donors (Lipinski definition) is 0. The summed E-state index contributed by atoms with van der Waals surface area (Å²) in [5.41, 5.74) is 7.44. The molecule has 2 fully saturated rings. The van der Waals surface area contributed by atoms with Crippen LogP contribution in [0.5, 0.6) is 0 Å². The standard InChI is InChI=1S/C35H34N4O3/c1-21-5-13-25(14-6-21)31-29-32(26-15-7-22(2)8-16-26)39(37-42)34(28-19-11-24(4)12-20-28)30(35(29)40)33(38(31)36-41)27-17-9-23(3)10-18-27/h5-20,29-34H,1-4H3. The first kappa shape index (κ1) is 27.5. The third-order valence-corrected chi connectivity index (χ3v) is 9.02. The maximum absolute atomic E-state index is 15.0. The summed E-state index contributed by atoms with van der Waals surface area (Å²) >= 11 is 0. The van der Waals surface area contributed by atoms with Crippen molar-refractivity contribution in [3.8, 4) is 0 Å². The summed E-state index contributed by atoms with van der Waals surface area (Å²) in [6.07, 6.45) is 0. The number of nitrogens with zero attached hydrogens (tertiary/aromatic N) is 4. The van der Waals surface area contributed by atoms with E-state index in [0.717, 1.165) is 44.5 Å². The second-order valence-corrected chi connectivity index (χ2v) is 11.8. The second-order valence-electron chi connectivity index (χ2n) is 11.8. The van der Waals surface area contributed by atoms with Gasteiger partial charge >= 0.3 is 0 Å². The van der Waals surface area contributed by atoms with Gasteiger partial charge < -0.3 is 0 Å². The van der Waals surface area contributed by atoms with Crippen LogP contribution in [0.2, 0.25) is 0 Å². The first-order valence-corrected chi connectivity index (χ1v) is 14.4. The van der Waals surface area contributed by atoms with Gasteiger partial charge in [0.15, 0.2) is 0 Å². The quantitative estimate of drug-likeness (QED) is 0.224. The molecular formula is C35H34N4O3. The number of Topliss-reactive ketones (excluding diaryl/α,β-unsaturated/α-hetero) is 1. The molecule has 6 rings (SSSR count). The van der Waals surface area contributed by atoms with Crippen molar-refractivity contribution in [2.24, 2.45) is 22.4 Å². The van der Waals surface area contributed by atoms with E-state index in [4.69, 9.17) is 0 Å². The number of hydrogen-bond acceptors (Lipinski definition) is 5. The van der Waals surface area contributed by atoms with Gasteiger partial charge in [0.1, 0.15) is 5.78 Å². The predicted octanol–water partition coefficient (Wildman–Crippen LogP) is 7.98. The van der Waals surface area contributed by atoms with E-state index in [1.807, 2.05) is 125 Å². The molecule has 0 amide bonds. The monoisotopic (exact) mass is 558 g/mol. The molecule has 7 heteroatoms. The number of aryl methyl sites for hydroxylation is 4. The van der Waals surface area contributed by atoms with Crippen molar-refractivity contribution in [2.75, 3.05) is 0 Å². The highest BCUT2D eigenvalue weighted by molar-refractivity contribution is 5.89. The van der Waals surface area contributed by atoms with E-state index in [0.29, 0.717) is 0 Å². The zero-order valence-electron chi connectivity index (χ0n) is 24.2. The minimum absolute atomic E-state index is 0.00194. The van der Waals surface area contributed by atoms with Crippen LogP contribution in [0.4, 0.5) is 0 Å². The molecule has 0 radical (unpaired) electrons. The first-order valence-electron chi connectivity index (χ1n) is 14.4. The molecule has 2 aliphatic heterocycles. The molecule has 2 saturated heterocycles. The summed E-state index contributed by atoms with van der Waals surface area (Å²) in [4.78, 5) is 41.0. The summed E-state index contributed by atoms with van der Waals surface area (Å²) in [5.74, 6) is -1.53. The molecular weight excluding hydrogens is 524 g/mol. The fourth-order valence-corrected chi connectivity index (χ4v) is 6.89. The largest absolute Gasteiger partial charge is 0.299 e. The zero-order chi connectivity index (χ0) is 29.5. The molecule has 0 N–H and O–H groups in total. The molecule has 4 atom stereocenters. The normalized spacial score (nSPS) is 25.3. The maximum Gasteiger partial charge on any atom is 0.148 e. The average molecular weight is 559 g/mol. The maximum atomic E-state index is 15.0. The Morgan fingerprint density at radius 2 is 0.643 bits per heavy atom. The minimum Gasteiger partial charge on any atom is -0.299 e. The molecule has 0 spiro atoms. The summed E-state index contributed by atoms with van der Waals surface area (Å²) < 4.78 is 0. The van der Waals surface area contributed by atoms with Gasteiger partial charge in [-0.3, -0.25) is 4.79 Å². The van der Waals surface area contributed by atoms with Crippen LogP contribution in [0.25, 0.3) is 0 Å².